The quantitative estimate of drug-likeness (QED) is 0.855. The van der Waals surface area contributed by atoms with E-state index >= 15 is 0 Å². The largest absolute Gasteiger partial charge is 0.406 e. The number of alkyl halides is 3. The third-order valence-corrected chi connectivity index (χ3v) is 4.41. The van der Waals surface area contributed by atoms with Gasteiger partial charge in [-0.05, 0) is 32.6 Å². The van der Waals surface area contributed by atoms with Gasteiger partial charge in [0, 0.05) is 12.1 Å². The van der Waals surface area contributed by atoms with Gasteiger partial charge < -0.3 is 15.4 Å². The van der Waals surface area contributed by atoms with Gasteiger partial charge in [0.25, 0.3) is 0 Å². The van der Waals surface area contributed by atoms with Crippen LogP contribution in [0, 0.1) is 11.3 Å². The lowest BCUT2D eigenvalue weighted by Gasteiger charge is -2.37. The molecule has 1 aliphatic heterocycles. The van der Waals surface area contributed by atoms with Crippen LogP contribution < -0.4 is 5.73 Å². The zero-order chi connectivity index (χ0) is 15.1. The van der Waals surface area contributed by atoms with Gasteiger partial charge in [-0.2, -0.15) is 13.2 Å². The molecule has 2 N–H and O–H groups in total. The van der Waals surface area contributed by atoms with E-state index in [1.54, 1.807) is 13.8 Å². The summed E-state index contributed by atoms with van der Waals surface area (Å²) in [5.41, 5.74) is 4.79. The van der Waals surface area contributed by atoms with Gasteiger partial charge in [0.05, 0.1) is 18.6 Å². The van der Waals surface area contributed by atoms with Gasteiger partial charge >= 0.3 is 6.18 Å². The lowest BCUT2D eigenvalue weighted by molar-refractivity contribution is -0.172. The summed E-state index contributed by atoms with van der Waals surface area (Å²) in [6, 6.07) is -0.967. The second kappa shape index (κ2) is 5.18. The minimum Gasteiger partial charge on any atom is -0.379 e. The molecule has 1 heterocycles. The third-order valence-electron chi connectivity index (χ3n) is 4.41. The highest BCUT2D eigenvalue weighted by atomic mass is 19.4. The fraction of sp³-hybridized carbons (Fsp3) is 0.923. The second-order valence-electron chi connectivity index (χ2n) is 6.17. The Morgan fingerprint density at radius 3 is 2.50 bits per heavy atom. The van der Waals surface area contributed by atoms with Crippen molar-refractivity contribution in [3.63, 3.8) is 0 Å². The number of hydrogen-bond donors (Lipinski definition) is 1. The van der Waals surface area contributed by atoms with E-state index in [0.717, 1.165) is 17.7 Å². The molecule has 0 bridgehead atoms. The fourth-order valence-corrected chi connectivity index (χ4v) is 2.66. The summed E-state index contributed by atoms with van der Waals surface area (Å²) in [7, 11) is 0. The number of halogens is 3. The molecule has 1 saturated carbocycles. The smallest absolute Gasteiger partial charge is 0.379 e. The summed E-state index contributed by atoms with van der Waals surface area (Å²) < 4.78 is 43.5. The van der Waals surface area contributed by atoms with Crippen molar-refractivity contribution in [2.75, 3.05) is 19.8 Å². The van der Waals surface area contributed by atoms with E-state index < -0.39 is 36.1 Å². The molecule has 4 nitrogen and oxygen atoms in total. The molecular weight excluding hydrogens is 273 g/mol. The van der Waals surface area contributed by atoms with Crippen LogP contribution in [-0.2, 0) is 9.53 Å². The minimum absolute atomic E-state index is 0.0821. The number of hydrogen-bond acceptors (Lipinski definition) is 3. The van der Waals surface area contributed by atoms with Crippen LogP contribution >= 0.6 is 0 Å². The van der Waals surface area contributed by atoms with E-state index in [1.807, 2.05) is 0 Å². The van der Waals surface area contributed by atoms with Gasteiger partial charge in [-0.15, -0.1) is 0 Å². The molecule has 0 aromatic heterocycles. The highest BCUT2D eigenvalue weighted by Gasteiger charge is 2.50. The number of nitrogens with two attached hydrogens (primary N) is 1. The van der Waals surface area contributed by atoms with E-state index in [4.69, 9.17) is 10.5 Å². The zero-order valence-electron chi connectivity index (χ0n) is 11.7. The molecular formula is C13H21F3N2O2. The summed E-state index contributed by atoms with van der Waals surface area (Å²) in [5, 5.41) is 0. The van der Waals surface area contributed by atoms with Gasteiger partial charge in [0.2, 0.25) is 5.91 Å². The average Bonchev–Trinajstić information content (AvgIpc) is 3.12. The first-order chi connectivity index (χ1) is 9.15. The van der Waals surface area contributed by atoms with Gasteiger partial charge in [-0.1, -0.05) is 0 Å². The van der Waals surface area contributed by atoms with Crippen LogP contribution in [0.4, 0.5) is 13.2 Å². The summed E-state index contributed by atoms with van der Waals surface area (Å²) in [6.07, 6.45) is -2.65. The summed E-state index contributed by atoms with van der Waals surface area (Å²) >= 11 is 0. The number of carbonyl (C=O) groups is 1. The lowest BCUT2D eigenvalue weighted by atomic mass is 9.83. The molecule has 2 fully saturated rings. The summed E-state index contributed by atoms with van der Waals surface area (Å²) in [4.78, 5) is 13.5. The molecule has 0 aromatic rings. The molecule has 3 unspecified atom stereocenters. The zero-order valence-corrected chi connectivity index (χ0v) is 11.7. The molecule has 7 heteroatoms. The Balaban J connectivity index is 2.18. The van der Waals surface area contributed by atoms with Gasteiger partial charge in [0.1, 0.15) is 6.54 Å². The standard InChI is InChI=1S/C13H21F3N2O2/c1-8(9-3-4-9)18(6-13(14,15)16)11(19)12(2)7-20-5-10(12)17/h8-10H,3-7,17H2,1-2H3. The van der Waals surface area contributed by atoms with Gasteiger partial charge in [0.15, 0.2) is 0 Å². The van der Waals surface area contributed by atoms with Crippen molar-refractivity contribution in [2.24, 2.45) is 17.1 Å². The maximum absolute atomic E-state index is 12.8. The third kappa shape index (κ3) is 3.09. The molecule has 2 aliphatic rings. The van der Waals surface area contributed by atoms with Crippen molar-refractivity contribution in [3.8, 4) is 0 Å². The number of carbonyl (C=O) groups excluding carboxylic acids is 1. The van der Waals surface area contributed by atoms with Crippen molar-refractivity contribution in [1.82, 2.24) is 4.90 Å². The van der Waals surface area contributed by atoms with Gasteiger partial charge in [-0.3, -0.25) is 4.79 Å². The molecule has 0 spiro atoms. The van der Waals surface area contributed by atoms with Crippen LogP contribution in [0.2, 0.25) is 0 Å². The van der Waals surface area contributed by atoms with Crippen LogP contribution in [0.5, 0.6) is 0 Å². The molecule has 20 heavy (non-hydrogen) atoms. The molecule has 1 saturated heterocycles. The monoisotopic (exact) mass is 294 g/mol. The van der Waals surface area contributed by atoms with Crippen molar-refractivity contribution in [1.29, 1.82) is 0 Å². The van der Waals surface area contributed by atoms with Crippen LogP contribution in [0.25, 0.3) is 0 Å². The average molecular weight is 294 g/mol. The van der Waals surface area contributed by atoms with Crippen molar-refractivity contribution in [3.05, 3.63) is 0 Å². The maximum atomic E-state index is 12.8. The van der Waals surface area contributed by atoms with Crippen molar-refractivity contribution < 1.29 is 22.7 Å². The highest BCUT2D eigenvalue weighted by molar-refractivity contribution is 5.84. The number of nitrogens with zero attached hydrogens (tertiary/aromatic N) is 1. The SMILES string of the molecule is CC(C1CC1)N(CC(F)(F)F)C(=O)C1(C)COCC1N. The maximum Gasteiger partial charge on any atom is 0.406 e. The first-order valence-electron chi connectivity index (χ1n) is 6.86. The molecule has 1 amide bonds. The Morgan fingerprint density at radius 2 is 2.10 bits per heavy atom. The van der Waals surface area contributed by atoms with E-state index in [-0.39, 0.29) is 19.1 Å². The molecule has 116 valence electrons. The lowest BCUT2D eigenvalue weighted by Crippen LogP contribution is -2.56. The Kier molecular flexibility index (Phi) is 4.03. The van der Waals surface area contributed by atoms with Crippen molar-refractivity contribution >= 4 is 5.91 Å². The Bertz CT molecular complexity index is 384. The number of ether oxygens (including phenoxy) is 1. The molecule has 2 rings (SSSR count). The topological polar surface area (TPSA) is 55.6 Å². The van der Waals surface area contributed by atoms with E-state index in [2.05, 4.69) is 0 Å². The molecule has 0 radical (unpaired) electrons. The second-order valence-corrected chi connectivity index (χ2v) is 6.17. The van der Waals surface area contributed by atoms with Crippen LogP contribution in [-0.4, -0.2) is 48.8 Å². The van der Waals surface area contributed by atoms with E-state index in [1.165, 1.54) is 0 Å². The Labute approximate surface area is 116 Å². The minimum atomic E-state index is -4.40. The predicted octanol–water partition coefficient (Wildman–Crippen LogP) is 1.54. The van der Waals surface area contributed by atoms with E-state index in [0.29, 0.717) is 0 Å². The first kappa shape index (κ1) is 15.6. The number of rotatable bonds is 4. The van der Waals surface area contributed by atoms with Crippen molar-refractivity contribution in [2.45, 2.75) is 44.9 Å². The molecule has 0 aromatic carbocycles. The molecule has 3 atom stereocenters. The fourth-order valence-electron chi connectivity index (χ4n) is 2.66. The summed E-state index contributed by atoms with van der Waals surface area (Å²) in [6.45, 7) is 2.35. The van der Waals surface area contributed by atoms with Crippen LogP contribution in [0.1, 0.15) is 26.7 Å². The van der Waals surface area contributed by atoms with Gasteiger partial charge in [-0.25, -0.2) is 0 Å². The first-order valence-corrected chi connectivity index (χ1v) is 6.86. The Hall–Kier alpha value is -0.820. The Morgan fingerprint density at radius 1 is 1.50 bits per heavy atom. The van der Waals surface area contributed by atoms with E-state index in [9.17, 15) is 18.0 Å². The predicted molar refractivity (Wildman–Crippen MR) is 66.9 cm³/mol. The molecule has 1 aliphatic carbocycles. The highest BCUT2D eigenvalue weighted by Crippen LogP contribution is 2.39. The number of amides is 1. The van der Waals surface area contributed by atoms with Crippen LogP contribution in [0.3, 0.4) is 0 Å². The van der Waals surface area contributed by atoms with Crippen LogP contribution in [0.15, 0.2) is 0 Å². The normalized spacial score (nSPS) is 32.2. The summed E-state index contributed by atoms with van der Waals surface area (Å²) in [5.74, 6) is -0.373.